The van der Waals surface area contributed by atoms with Gasteiger partial charge in [0, 0.05) is 18.2 Å². The Labute approximate surface area is 128 Å². The summed E-state index contributed by atoms with van der Waals surface area (Å²) in [4.78, 5) is 0.278. The van der Waals surface area contributed by atoms with E-state index in [4.69, 9.17) is 5.73 Å². The second kappa shape index (κ2) is 7.60. The molecule has 0 unspecified atom stereocenters. The summed E-state index contributed by atoms with van der Waals surface area (Å²) in [6, 6.07) is 6.62. The quantitative estimate of drug-likeness (QED) is 0.847. The number of benzene rings is 1. The Morgan fingerprint density at radius 2 is 1.90 bits per heavy atom. The van der Waals surface area contributed by atoms with E-state index in [0.29, 0.717) is 12.1 Å². The maximum atomic E-state index is 12.8. The van der Waals surface area contributed by atoms with Crippen molar-refractivity contribution in [3.8, 4) is 11.8 Å². The minimum atomic E-state index is -3.51. The van der Waals surface area contributed by atoms with Gasteiger partial charge in [-0.1, -0.05) is 31.8 Å². The Bertz CT molecular complexity index is 625. The zero-order valence-corrected chi connectivity index (χ0v) is 13.9. The third kappa shape index (κ3) is 4.85. The molecule has 0 aliphatic rings. The topological polar surface area (TPSA) is 63.4 Å². The van der Waals surface area contributed by atoms with Crippen LogP contribution in [-0.4, -0.2) is 31.9 Å². The van der Waals surface area contributed by atoms with Gasteiger partial charge in [-0.25, -0.2) is 8.42 Å². The van der Waals surface area contributed by atoms with Crippen LogP contribution in [0, 0.1) is 17.8 Å². The Morgan fingerprint density at radius 3 is 2.43 bits per heavy atom. The smallest absolute Gasteiger partial charge is 0.243 e. The summed E-state index contributed by atoms with van der Waals surface area (Å²) in [6.45, 7) is 8.54. The van der Waals surface area contributed by atoms with Gasteiger partial charge in [0.05, 0.1) is 11.4 Å². The van der Waals surface area contributed by atoms with E-state index in [1.54, 1.807) is 24.3 Å². The summed E-state index contributed by atoms with van der Waals surface area (Å²) in [6.07, 6.45) is 0. The molecule has 0 heterocycles. The van der Waals surface area contributed by atoms with E-state index in [1.807, 2.05) is 27.7 Å². The molecule has 0 aliphatic carbocycles. The molecule has 5 heteroatoms. The summed E-state index contributed by atoms with van der Waals surface area (Å²) < 4.78 is 27.1. The maximum Gasteiger partial charge on any atom is 0.243 e. The first-order chi connectivity index (χ1) is 9.78. The van der Waals surface area contributed by atoms with E-state index < -0.39 is 10.0 Å². The van der Waals surface area contributed by atoms with Gasteiger partial charge in [0.25, 0.3) is 0 Å². The molecule has 0 aliphatic heterocycles. The lowest BCUT2D eigenvalue weighted by Gasteiger charge is -2.27. The van der Waals surface area contributed by atoms with Crippen molar-refractivity contribution in [3.05, 3.63) is 29.8 Å². The lowest BCUT2D eigenvalue weighted by atomic mass is 10.2. The monoisotopic (exact) mass is 308 g/mol. The Morgan fingerprint density at radius 1 is 1.24 bits per heavy atom. The van der Waals surface area contributed by atoms with E-state index in [2.05, 4.69) is 11.8 Å². The minimum absolute atomic E-state index is 0.0869. The minimum Gasteiger partial charge on any atom is -0.320 e. The van der Waals surface area contributed by atoms with E-state index >= 15 is 0 Å². The molecule has 0 fully saturated rings. The lowest BCUT2D eigenvalue weighted by molar-refractivity contribution is 0.319. The molecule has 0 spiro atoms. The summed E-state index contributed by atoms with van der Waals surface area (Å²) in [7, 11) is -3.51. The van der Waals surface area contributed by atoms with Crippen molar-refractivity contribution in [1.82, 2.24) is 4.31 Å². The molecule has 1 aromatic carbocycles. The normalized spacial score (nSPS) is 11.8. The highest BCUT2D eigenvalue weighted by Gasteiger charge is 2.27. The average Bonchev–Trinajstić information content (AvgIpc) is 2.42. The van der Waals surface area contributed by atoms with Crippen LogP contribution in [0.2, 0.25) is 0 Å². The molecule has 1 rings (SSSR count). The molecule has 0 saturated carbocycles. The predicted octanol–water partition coefficient (Wildman–Crippen LogP) is 2.05. The van der Waals surface area contributed by atoms with E-state index in [9.17, 15) is 8.42 Å². The van der Waals surface area contributed by atoms with Crippen LogP contribution in [0.25, 0.3) is 0 Å². The Kier molecular flexibility index (Phi) is 6.41. The van der Waals surface area contributed by atoms with E-state index in [1.165, 1.54) is 4.31 Å². The Hall–Kier alpha value is -1.35. The van der Waals surface area contributed by atoms with Gasteiger partial charge in [0.15, 0.2) is 0 Å². The van der Waals surface area contributed by atoms with Crippen molar-refractivity contribution in [2.45, 2.75) is 38.6 Å². The van der Waals surface area contributed by atoms with E-state index in [-0.39, 0.29) is 23.4 Å². The molecular weight excluding hydrogens is 284 g/mol. The molecule has 21 heavy (non-hydrogen) atoms. The van der Waals surface area contributed by atoms with Gasteiger partial charge >= 0.3 is 0 Å². The number of sulfonamides is 1. The van der Waals surface area contributed by atoms with Crippen LogP contribution >= 0.6 is 0 Å². The SMILES string of the molecule is CC(C)CN(C(C)C)S(=O)(=O)c1cccc(C#CCN)c1. The number of hydrogen-bond acceptors (Lipinski definition) is 3. The van der Waals surface area contributed by atoms with Gasteiger partial charge in [-0.15, -0.1) is 0 Å². The average molecular weight is 308 g/mol. The first-order valence-electron chi connectivity index (χ1n) is 7.10. The molecule has 0 atom stereocenters. The molecule has 0 radical (unpaired) electrons. The van der Waals surface area contributed by atoms with Crippen molar-refractivity contribution in [1.29, 1.82) is 0 Å². The number of nitrogens with zero attached hydrogens (tertiary/aromatic N) is 1. The highest BCUT2D eigenvalue weighted by Crippen LogP contribution is 2.20. The van der Waals surface area contributed by atoms with Crippen molar-refractivity contribution in [2.75, 3.05) is 13.1 Å². The van der Waals surface area contributed by atoms with Crippen LogP contribution in [0.3, 0.4) is 0 Å². The van der Waals surface area contributed by atoms with Gasteiger partial charge in [-0.05, 0) is 38.0 Å². The van der Waals surface area contributed by atoms with Crippen molar-refractivity contribution in [2.24, 2.45) is 11.7 Å². The van der Waals surface area contributed by atoms with Crippen LogP contribution in [0.5, 0.6) is 0 Å². The van der Waals surface area contributed by atoms with Gasteiger partial charge in [0.1, 0.15) is 0 Å². The standard InChI is InChI=1S/C16H24N2O2S/c1-13(2)12-18(14(3)4)21(19,20)16-9-5-7-15(11-16)8-6-10-17/h5,7,9,11,13-14H,10,12,17H2,1-4H3. The molecule has 0 aromatic heterocycles. The van der Waals surface area contributed by atoms with Crippen molar-refractivity contribution >= 4 is 10.0 Å². The molecule has 0 saturated heterocycles. The summed E-state index contributed by atoms with van der Waals surface area (Å²) in [5.41, 5.74) is 6.00. The predicted molar refractivity (Wildman–Crippen MR) is 86.2 cm³/mol. The maximum absolute atomic E-state index is 12.8. The van der Waals surface area contributed by atoms with Crippen LogP contribution in [-0.2, 0) is 10.0 Å². The van der Waals surface area contributed by atoms with Crippen LogP contribution in [0.4, 0.5) is 0 Å². The second-order valence-corrected chi connectivity index (χ2v) is 7.49. The number of rotatable bonds is 5. The molecule has 2 N–H and O–H groups in total. The van der Waals surface area contributed by atoms with Crippen LogP contribution < -0.4 is 5.73 Å². The third-order valence-electron chi connectivity index (χ3n) is 2.90. The Balaban J connectivity index is 3.22. The summed E-state index contributed by atoms with van der Waals surface area (Å²) in [5, 5.41) is 0. The fraction of sp³-hybridized carbons (Fsp3) is 0.500. The zero-order valence-electron chi connectivity index (χ0n) is 13.1. The molecule has 0 amide bonds. The zero-order chi connectivity index (χ0) is 16.0. The fourth-order valence-electron chi connectivity index (χ4n) is 1.97. The summed E-state index contributed by atoms with van der Waals surface area (Å²) in [5.74, 6) is 5.87. The molecule has 116 valence electrons. The van der Waals surface area contributed by atoms with Gasteiger partial charge in [-0.2, -0.15) is 4.31 Å². The van der Waals surface area contributed by atoms with Gasteiger partial charge in [-0.3, -0.25) is 0 Å². The second-order valence-electron chi connectivity index (χ2n) is 5.60. The van der Waals surface area contributed by atoms with Gasteiger partial charge < -0.3 is 5.73 Å². The molecule has 4 nitrogen and oxygen atoms in total. The fourth-order valence-corrected chi connectivity index (χ4v) is 3.82. The molecular formula is C16H24N2O2S. The van der Waals surface area contributed by atoms with Crippen molar-refractivity contribution in [3.63, 3.8) is 0 Å². The van der Waals surface area contributed by atoms with E-state index in [0.717, 1.165) is 0 Å². The first kappa shape index (κ1) is 17.7. The van der Waals surface area contributed by atoms with Crippen molar-refractivity contribution < 1.29 is 8.42 Å². The lowest BCUT2D eigenvalue weighted by Crippen LogP contribution is -2.39. The third-order valence-corrected chi connectivity index (χ3v) is 4.93. The summed E-state index contributed by atoms with van der Waals surface area (Å²) >= 11 is 0. The highest BCUT2D eigenvalue weighted by atomic mass is 32.2. The largest absolute Gasteiger partial charge is 0.320 e. The first-order valence-corrected chi connectivity index (χ1v) is 8.54. The molecule has 0 bridgehead atoms. The van der Waals surface area contributed by atoms with Crippen LogP contribution in [0.1, 0.15) is 33.3 Å². The highest BCUT2D eigenvalue weighted by molar-refractivity contribution is 7.89. The van der Waals surface area contributed by atoms with Gasteiger partial charge in [0.2, 0.25) is 10.0 Å². The molecule has 1 aromatic rings. The number of hydrogen-bond donors (Lipinski definition) is 1. The number of nitrogens with two attached hydrogens (primary N) is 1. The van der Waals surface area contributed by atoms with Crippen LogP contribution in [0.15, 0.2) is 29.2 Å².